The SMILES string of the molecule is Cl.NC1CCc2ccc(OCCCS(=O)(=O)CC3CC3)cc2C1Cc1cccc(Cl)c1. The molecule has 2 aliphatic carbocycles. The Bertz CT molecular complexity index is 992. The third-order valence-corrected chi connectivity index (χ3v) is 8.31. The number of fused-ring (bicyclic) bond motifs is 1. The second-order valence-electron chi connectivity index (χ2n) is 8.76. The molecule has 2 aliphatic rings. The van der Waals surface area contributed by atoms with E-state index in [9.17, 15) is 8.42 Å². The molecular formula is C24H31Cl2NO3S. The molecule has 0 radical (unpaired) electrons. The van der Waals surface area contributed by atoms with Gasteiger partial charge in [0.25, 0.3) is 0 Å². The predicted octanol–water partition coefficient (Wildman–Crippen LogP) is 4.96. The molecule has 0 saturated heterocycles. The van der Waals surface area contributed by atoms with Gasteiger partial charge in [-0.1, -0.05) is 29.8 Å². The van der Waals surface area contributed by atoms with Crippen molar-refractivity contribution in [3.63, 3.8) is 0 Å². The van der Waals surface area contributed by atoms with E-state index in [4.69, 9.17) is 22.1 Å². The predicted molar refractivity (Wildman–Crippen MR) is 129 cm³/mol. The normalized spacial score (nSPS) is 20.6. The average molecular weight is 484 g/mol. The first-order valence-electron chi connectivity index (χ1n) is 10.9. The van der Waals surface area contributed by atoms with Gasteiger partial charge in [-0.25, -0.2) is 8.42 Å². The number of hydrogen-bond donors (Lipinski definition) is 1. The molecule has 0 spiro atoms. The second-order valence-corrected chi connectivity index (χ2v) is 11.4. The first kappa shape index (κ1) is 24.4. The minimum Gasteiger partial charge on any atom is -0.494 e. The molecule has 31 heavy (non-hydrogen) atoms. The summed E-state index contributed by atoms with van der Waals surface area (Å²) in [4.78, 5) is 0. The quantitative estimate of drug-likeness (QED) is 0.511. The number of halogens is 2. The third kappa shape index (κ3) is 6.85. The van der Waals surface area contributed by atoms with Gasteiger partial charge in [0.2, 0.25) is 0 Å². The van der Waals surface area contributed by atoms with E-state index in [0.29, 0.717) is 24.7 Å². The number of nitrogens with two attached hydrogens (primary N) is 1. The summed E-state index contributed by atoms with van der Waals surface area (Å²) in [6.07, 6.45) is 5.43. The number of ether oxygens (including phenoxy) is 1. The lowest BCUT2D eigenvalue weighted by Crippen LogP contribution is -2.34. The maximum absolute atomic E-state index is 12.1. The van der Waals surface area contributed by atoms with Gasteiger partial charge < -0.3 is 10.5 Å². The Morgan fingerprint density at radius 1 is 1.10 bits per heavy atom. The van der Waals surface area contributed by atoms with E-state index in [2.05, 4.69) is 18.2 Å². The van der Waals surface area contributed by atoms with Crippen LogP contribution in [0.5, 0.6) is 5.75 Å². The molecule has 0 bridgehead atoms. The van der Waals surface area contributed by atoms with E-state index in [0.717, 1.165) is 42.9 Å². The Morgan fingerprint density at radius 3 is 2.65 bits per heavy atom. The molecule has 7 heteroatoms. The molecule has 1 saturated carbocycles. The largest absolute Gasteiger partial charge is 0.494 e. The summed E-state index contributed by atoms with van der Waals surface area (Å²) in [5.41, 5.74) is 10.3. The van der Waals surface area contributed by atoms with Crippen LogP contribution in [0.2, 0.25) is 5.02 Å². The monoisotopic (exact) mass is 483 g/mol. The molecule has 0 amide bonds. The van der Waals surface area contributed by atoms with Gasteiger partial charge in [0, 0.05) is 17.0 Å². The summed E-state index contributed by atoms with van der Waals surface area (Å²) < 4.78 is 30.1. The second kappa shape index (κ2) is 10.6. The first-order valence-corrected chi connectivity index (χ1v) is 13.1. The zero-order valence-corrected chi connectivity index (χ0v) is 20.0. The van der Waals surface area contributed by atoms with E-state index >= 15 is 0 Å². The topological polar surface area (TPSA) is 69.4 Å². The molecule has 4 nitrogen and oxygen atoms in total. The molecule has 2 atom stereocenters. The van der Waals surface area contributed by atoms with Crippen LogP contribution in [0.15, 0.2) is 42.5 Å². The average Bonchev–Trinajstić information content (AvgIpc) is 3.51. The zero-order chi connectivity index (χ0) is 21.1. The van der Waals surface area contributed by atoms with Crippen molar-refractivity contribution in [2.75, 3.05) is 18.1 Å². The van der Waals surface area contributed by atoms with Crippen molar-refractivity contribution in [2.45, 2.75) is 50.5 Å². The van der Waals surface area contributed by atoms with Crippen LogP contribution in [0.3, 0.4) is 0 Å². The Hall–Kier alpha value is -1.27. The van der Waals surface area contributed by atoms with E-state index < -0.39 is 9.84 Å². The Morgan fingerprint density at radius 2 is 1.90 bits per heavy atom. The fraction of sp³-hybridized carbons (Fsp3) is 0.500. The van der Waals surface area contributed by atoms with E-state index in [1.54, 1.807) is 0 Å². The van der Waals surface area contributed by atoms with Crippen LogP contribution >= 0.6 is 24.0 Å². The molecule has 0 aliphatic heterocycles. The fourth-order valence-electron chi connectivity index (χ4n) is 4.36. The van der Waals surface area contributed by atoms with E-state index in [1.165, 1.54) is 16.7 Å². The summed E-state index contributed by atoms with van der Waals surface area (Å²) in [5.74, 6) is 1.96. The molecule has 0 heterocycles. The van der Waals surface area contributed by atoms with Crippen LogP contribution in [-0.2, 0) is 22.7 Å². The number of sulfone groups is 1. The summed E-state index contributed by atoms with van der Waals surface area (Å²) in [6, 6.07) is 14.3. The van der Waals surface area contributed by atoms with Crippen molar-refractivity contribution in [2.24, 2.45) is 11.7 Å². The lowest BCUT2D eigenvalue weighted by molar-refractivity contribution is 0.316. The smallest absolute Gasteiger partial charge is 0.150 e. The highest BCUT2D eigenvalue weighted by Gasteiger charge is 2.29. The van der Waals surface area contributed by atoms with Gasteiger partial charge in [-0.2, -0.15) is 0 Å². The third-order valence-electron chi connectivity index (χ3n) is 6.18. The van der Waals surface area contributed by atoms with Crippen molar-refractivity contribution < 1.29 is 13.2 Å². The van der Waals surface area contributed by atoms with Crippen molar-refractivity contribution in [1.82, 2.24) is 0 Å². The van der Waals surface area contributed by atoms with Gasteiger partial charge in [-0.3, -0.25) is 0 Å². The van der Waals surface area contributed by atoms with Crippen molar-refractivity contribution in [3.8, 4) is 5.75 Å². The highest BCUT2D eigenvalue weighted by atomic mass is 35.5. The van der Waals surface area contributed by atoms with Gasteiger partial charge in [0.1, 0.15) is 5.75 Å². The Labute approximate surface area is 196 Å². The number of benzene rings is 2. The summed E-state index contributed by atoms with van der Waals surface area (Å²) in [5, 5.41) is 0.742. The van der Waals surface area contributed by atoms with E-state index in [-0.39, 0.29) is 30.1 Å². The molecular weight excluding hydrogens is 453 g/mol. The maximum atomic E-state index is 12.1. The maximum Gasteiger partial charge on any atom is 0.150 e. The number of rotatable bonds is 9. The molecule has 4 rings (SSSR count). The fourth-order valence-corrected chi connectivity index (χ4v) is 6.35. The van der Waals surface area contributed by atoms with Crippen molar-refractivity contribution >= 4 is 33.8 Å². The summed E-state index contributed by atoms with van der Waals surface area (Å²) in [7, 11) is -2.95. The standard InChI is InChI=1S/C24H30ClNO3S.ClH/c25-20-4-1-3-18(13-20)14-23-22-15-21(9-7-19(22)8-10-24(23)26)29-11-2-12-30(27,28)16-17-5-6-17;/h1,3-4,7,9,13,15,17,23-24H,2,5-6,8,10-12,14,16,26H2;1H. The van der Waals surface area contributed by atoms with Gasteiger partial charge >= 0.3 is 0 Å². The van der Waals surface area contributed by atoms with Gasteiger partial charge in [0.05, 0.1) is 18.1 Å². The molecule has 2 aromatic carbocycles. The molecule has 170 valence electrons. The number of hydrogen-bond acceptors (Lipinski definition) is 4. The molecule has 1 fully saturated rings. The Kier molecular flexibility index (Phi) is 8.31. The van der Waals surface area contributed by atoms with Gasteiger partial charge in [0.15, 0.2) is 9.84 Å². The highest BCUT2D eigenvalue weighted by molar-refractivity contribution is 7.91. The lowest BCUT2D eigenvalue weighted by atomic mass is 9.76. The molecule has 2 aromatic rings. The van der Waals surface area contributed by atoms with Crippen LogP contribution in [0.1, 0.15) is 48.3 Å². The van der Waals surface area contributed by atoms with Crippen LogP contribution in [-0.4, -0.2) is 32.6 Å². The molecule has 0 aromatic heterocycles. The van der Waals surface area contributed by atoms with Crippen LogP contribution in [0.4, 0.5) is 0 Å². The van der Waals surface area contributed by atoms with Crippen LogP contribution in [0, 0.1) is 5.92 Å². The molecule has 2 unspecified atom stereocenters. The highest BCUT2D eigenvalue weighted by Crippen LogP contribution is 2.36. The van der Waals surface area contributed by atoms with Gasteiger partial charge in [-0.15, -0.1) is 12.4 Å². The summed E-state index contributed by atoms with van der Waals surface area (Å²) in [6.45, 7) is 0.410. The van der Waals surface area contributed by atoms with Gasteiger partial charge in [-0.05, 0) is 85.4 Å². The Balaban J connectivity index is 0.00000272. The molecule has 2 N–H and O–H groups in total. The van der Waals surface area contributed by atoms with Crippen LogP contribution < -0.4 is 10.5 Å². The lowest BCUT2D eigenvalue weighted by Gasteiger charge is -2.32. The van der Waals surface area contributed by atoms with E-state index in [1.807, 2.05) is 24.3 Å². The van der Waals surface area contributed by atoms with Crippen LogP contribution in [0.25, 0.3) is 0 Å². The zero-order valence-electron chi connectivity index (χ0n) is 17.6. The van der Waals surface area contributed by atoms with Crippen molar-refractivity contribution in [3.05, 3.63) is 64.2 Å². The minimum atomic E-state index is -2.95. The minimum absolute atomic E-state index is 0. The number of aryl methyl sites for hydroxylation is 1. The van der Waals surface area contributed by atoms with Crippen molar-refractivity contribution in [1.29, 1.82) is 0 Å². The summed E-state index contributed by atoms with van der Waals surface area (Å²) >= 11 is 6.16. The first-order chi connectivity index (χ1) is 14.4.